The van der Waals surface area contributed by atoms with Crippen LogP contribution < -0.4 is 10.0 Å². The molecule has 0 spiro atoms. The van der Waals surface area contributed by atoms with Crippen molar-refractivity contribution >= 4 is 21.7 Å². The Hall–Kier alpha value is -1.67. The number of carbonyl (C=O) groups excluding carboxylic acids is 1. The zero-order chi connectivity index (χ0) is 17.7. The highest BCUT2D eigenvalue weighted by molar-refractivity contribution is 7.90. The molecule has 2 amide bonds. The first-order valence-corrected chi connectivity index (χ1v) is 9.62. The van der Waals surface area contributed by atoms with Gasteiger partial charge in [0, 0.05) is 25.3 Å². The summed E-state index contributed by atoms with van der Waals surface area (Å²) >= 11 is 0. The van der Waals surface area contributed by atoms with Gasteiger partial charge in [-0.05, 0) is 50.8 Å². The van der Waals surface area contributed by atoms with E-state index in [9.17, 15) is 17.6 Å². The van der Waals surface area contributed by atoms with Crippen LogP contribution in [0.5, 0.6) is 0 Å². The number of anilines is 1. The van der Waals surface area contributed by atoms with Crippen LogP contribution in [0.25, 0.3) is 0 Å². The van der Waals surface area contributed by atoms with Crippen molar-refractivity contribution in [2.45, 2.75) is 31.9 Å². The summed E-state index contributed by atoms with van der Waals surface area (Å²) in [6.45, 7) is 4.66. The predicted molar refractivity (Wildman–Crippen MR) is 91.8 cm³/mol. The number of benzene rings is 1. The molecule has 134 valence electrons. The molecule has 1 aliphatic rings. The molecule has 1 aromatic rings. The van der Waals surface area contributed by atoms with Crippen molar-refractivity contribution in [3.05, 3.63) is 30.1 Å². The molecule has 0 aromatic heterocycles. The van der Waals surface area contributed by atoms with E-state index in [4.69, 9.17) is 0 Å². The van der Waals surface area contributed by atoms with Gasteiger partial charge in [-0.15, -0.1) is 0 Å². The van der Waals surface area contributed by atoms with Gasteiger partial charge in [-0.2, -0.15) is 0 Å². The van der Waals surface area contributed by atoms with E-state index in [1.54, 1.807) is 24.8 Å². The van der Waals surface area contributed by atoms with Crippen LogP contribution in [0.1, 0.15) is 26.7 Å². The van der Waals surface area contributed by atoms with Gasteiger partial charge < -0.3 is 10.2 Å². The average molecular weight is 357 g/mol. The van der Waals surface area contributed by atoms with Crippen LogP contribution in [0.3, 0.4) is 0 Å². The lowest BCUT2D eigenvalue weighted by molar-refractivity contribution is 0.178. The molecule has 0 bridgehead atoms. The minimum Gasteiger partial charge on any atom is -0.324 e. The smallest absolute Gasteiger partial charge is 0.321 e. The zero-order valence-electron chi connectivity index (χ0n) is 14.0. The molecule has 1 heterocycles. The highest BCUT2D eigenvalue weighted by Gasteiger charge is 2.25. The van der Waals surface area contributed by atoms with E-state index in [0.717, 1.165) is 12.8 Å². The summed E-state index contributed by atoms with van der Waals surface area (Å²) in [7, 11) is -3.30. The van der Waals surface area contributed by atoms with Crippen molar-refractivity contribution in [3.8, 4) is 0 Å². The van der Waals surface area contributed by atoms with Crippen molar-refractivity contribution in [3.63, 3.8) is 0 Å². The van der Waals surface area contributed by atoms with Crippen LogP contribution >= 0.6 is 0 Å². The minimum atomic E-state index is -3.30. The lowest BCUT2D eigenvalue weighted by Crippen LogP contribution is -2.46. The van der Waals surface area contributed by atoms with E-state index < -0.39 is 21.1 Å². The van der Waals surface area contributed by atoms with Crippen molar-refractivity contribution in [1.29, 1.82) is 0 Å². The largest absolute Gasteiger partial charge is 0.324 e. The topological polar surface area (TPSA) is 78.5 Å². The second-order valence-electron chi connectivity index (χ2n) is 6.34. The molecule has 2 N–H and O–H groups in total. The lowest BCUT2D eigenvalue weighted by Gasteiger charge is -2.33. The maximum atomic E-state index is 13.2. The third-order valence-corrected chi connectivity index (χ3v) is 5.89. The van der Waals surface area contributed by atoms with Crippen molar-refractivity contribution in [2.24, 2.45) is 5.92 Å². The molecule has 0 unspecified atom stereocenters. The molecule has 1 fully saturated rings. The summed E-state index contributed by atoms with van der Waals surface area (Å²) < 4.78 is 39.4. The van der Waals surface area contributed by atoms with Crippen LogP contribution in [0.2, 0.25) is 0 Å². The highest BCUT2D eigenvalue weighted by atomic mass is 32.2. The van der Waals surface area contributed by atoms with Gasteiger partial charge in [0.25, 0.3) is 0 Å². The quantitative estimate of drug-likeness (QED) is 0.849. The summed E-state index contributed by atoms with van der Waals surface area (Å²) in [6, 6.07) is 5.44. The number of piperidine rings is 1. The number of nitrogens with one attached hydrogen (secondary N) is 2. The molecule has 6 nitrogen and oxygen atoms in total. The second-order valence-corrected chi connectivity index (χ2v) is 8.66. The standard InChI is InChI=1S/C16H24FN3O3S/c1-12(2)24(22,23)18-10-13-5-4-8-20(11-13)16(21)19-15-7-3-6-14(17)9-15/h3,6-7,9,12-13,18H,4-5,8,10-11H2,1-2H3,(H,19,21)/t13-/m1/s1. The van der Waals surface area contributed by atoms with Gasteiger partial charge in [-0.1, -0.05) is 6.07 Å². The Morgan fingerprint density at radius 1 is 1.42 bits per heavy atom. The van der Waals surface area contributed by atoms with Crippen LogP contribution in [0.4, 0.5) is 14.9 Å². The first kappa shape index (κ1) is 18.7. The molecule has 0 saturated carbocycles. The Morgan fingerprint density at radius 2 is 2.17 bits per heavy atom. The lowest BCUT2D eigenvalue weighted by atomic mass is 9.99. The first-order valence-electron chi connectivity index (χ1n) is 8.08. The fourth-order valence-corrected chi connectivity index (χ4v) is 3.39. The molecule has 1 atom stereocenters. The van der Waals surface area contributed by atoms with Crippen LogP contribution in [0.15, 0.2) is 24.3 Å². The summed E-state index contributed by atoms with van der Waals surface area (Å²) in [4.78, 5) is 13.9. The number of halogens is 1. The van der Waals surface area contributed by atoms with Crippen LogP contribution in [0, 0.1) is 11.7 Å². The van der Waals surface area contributed by atoms with Gasteiger partial charge in [0.05, 0.1) is 5.25 Å². The molecule has 24 heavy (non-hydrogen) atoms. The van der Waals surface area contributed by atoms with Gasteiger partial charge in [-0.25, -0.2) is 22.3 Å². The third kappa shape index (κ3) is 5.17. The second kappa shape index (κ2) is 7.94. The van der Waals surface area contributed by atoms with E-state index >= 15 is 0 Å². The number of nitrogens with zero attached hydrogens (tertiary/aromatic N) is 1. The molecule has 0 radical (unpaired) electrons. The van der Waals surface area contributed by atoms with E-state index in [-0.39, 0.29) is 11.9 Å². The van der Waals surface area contributed by atoms with Crippen LogP contribution in [-0.4, -0.2) is 44.2 Å². The maximum Gasteiger partial charge on any atom is 0.321 e. The van der Waals surface area contributed by atoms with Gasteiger partial charge in [0.15, 0.2) is 0 Å². The monoisotopic (exact) mass is 357 g/mol. The van der Waals surface area contributed by atoms with E-state index in [2.05, 4.69) is 10.0 Å². The molecule has 2 rings (SSSR count). The number of likely N-dealkylation sites (tertiary alicyclic amines) is 1. The fourth-order valence-electron chi connectivity index (χ4n) is 2.59. The number of amides is 2. The van der Waals surface area contributed by atoms with E-state index in [1.165, 1.54) is 18.2 Å². The maximum absolute atomic E-state index is 13.2. The van der Waals surface area contributed by atoms with Crippen molar-refractivity contribution in [2.75, 3.05) is 25.0 Å². The van der Waals surface area contributed by atoms with Gasteiger partial charge in [0.1, 0.15) is 5.82 Å². The zero-order valence-corrected chi connectivity index (χ0v) is 14.8. The molecular formula is C16H24FN3O3S. The Labute approximate surface area is 142 Å². The van der Waals surface area contributed by atoms with E-state index in [0.29, 0.717) is 25.3 Å². The summed E-state index contributed by atoms with van der Waals surface area (Å²) in [5.41, 5.74) is 0.405. The number of hydrogen-bond acceptors (Lipinski definition) is 3. The van der Waals surface area contributed by atoms with Gasteiger partial charge in [0.2, 0.25) is 10.0 Å². The Bertz CT molecular complexity index is 679. The molecule has 1 aromatic carbocycles. The van der Waals surface area contributed by atoms with Crippen LogP contribution in [-0.2, 0) is 10.0 Å². The Kier molecular flexibility index (Phi) is 6.17. The number of urea groups is 1. The van der Waals surface area contributed by atoms with Gasteiger partial charge >= 0.3 is 6.03 Å². The molecule has 8 heteroatoms. The summed E-state index contributed by atoms with van der Waals surface area (Å²) in [5, 5.41) is 2.19. The number of sulfonamides is 1. The average Bonchev–Trinajstić information content (AvgIpc) is 2.53. The number of carbonyl (C=O) groups is 1. The molecule has 1 aliphatic heterocycles. The fraction of sp³-hybridized carbons (Fsp3) is 0.562. The third-order valence-electron chi connectivity index (χ3n) is 4.08. The molecular weight excluding hydrogens is 333 g/mol. The first-order chi connectivity index (χ1) is 11.3. The van der Waals surface area contributed by atoms with E-state index in [1.807, 2.05) is 0 Å². The number of rotatable bonds is 5. The summed E-state index contributed by atoms with van der Waals surface area (Å²) in [6.07, 6.45) is 1.68. The normalized spacial score (nSPS) is 18.7. The van der Waals surface area contributed by atoms with Crippen molar-refractivity contribution < 1.29 is 17.6 Å². The Balaban J connectivity index is 1.89. The summed E-state index contributed by atoms with van der Waals surface area (Å²) in [5.74, 6) is -0.335. The highest BCUT2D eigenvalue weighted by Crippen LogP contribution is 2.18. The molecule has 0 aliphatic carbocycles. The SMILES string of the molecule is CC(C)S(=O)(=O)NC[C@H]1CCCN(C(=O)Nc2cccc(F)c2)C1. The number of hydrogen-bond donors (Lipinski definition) is 2. The van der Waals surface area contributed by atoms with Crippen molar-refractivity contribution in [1.82, 2.24) is 9.62 Å². The Morgan fingerprint density at radius 3 is 2.83 bits per heavy atom. The van der Waals surface area contributed by atoms with Gasteiger partial charge in [-0.3, -0.25) is 0 Å². The predicted octanol–water partition coefficient (Wildman–Crippen LogP) is 2.40. The minimum absolute atomic E-state index is 0.0746. The molecule has 1 saturated heterocycles.